The quantitative estimate of drug-likeness (QED) is 0.754. The lowest BCUT2D eigenvalue weighted by Crippen LogP contribution is -2.45. The zero-order chi connectivity index (χ0) is 14.6. The number of hydrogen-bond donors (Lipinski definition) is 3. The molecule has 0 radical (unpaired) electrons. The Kier molecular flexibility index (Phi) is 4.26. The van der Waals surface area contributed by atoms with Crippen LogP contribution in [0.25, 0.3) is 0 Å². The van der Waals surface area contributed by atoms with E-state index in [0.29, 0.717) is 19.4 Å². The second-order valence-electron chi connectivity index (χ2n) is 5.41. The van der Waals surface area contributed by atoms with Crippen LogP contribution in [0.15, 0.2) is 12.4 Å². The summed E-state index contributed by atoms with van der Waals surface area (Å²) in [5.74, 6) is -0.812. The fraction of sp³-hybridized carbons (Fsp3) is 0.615. The van der Waals surface area contributed by atoms with Crippen molar-refractivity contribution in [2.75, 3.05) is 13.6 Å². The number of carboxylic acids is 1. The van der Waals surface area contributed by atoms with E-state index in [0.717, 1.165) is 18.4 Å². The van der Waals surface area contributed by atoms with Crippen LogP contribution in [0.2, 0.25) is 0 Å². The van der Waals surface area contributed by atoms with Gasteiger partial charge >= 0.3 is 12.0 Å². The highest BCUT2D eigenvalue weighted by molar-refractivity contribution is 5.78. The van der Waals surface area contributed by atoms with E-state index in [2.05, 4.69) is 15.5 Å². The van der Waals surface area contributed by atoms with Crippen LogP contribution in [-0.4, -0.2) is 45.8 Å². The van der Waals surface area contributed by atoms with Crippen LogP contribution in [0, 0.1) is 5.41 Å². The Hall–Kier alpha value is -2.05. The van der Waals surface area contributed by atoms with Crippen molar-refractivity contribution in [1.29, 1.82) is 0 Å². The topological polar surface area (TPSA) is 98.3 Å². The summed E-state index contributed by atoms with van der Waals surface area (Å²) in [7, 11) is 1.67. The largest absolute Gasteiger partial charge is 0.481 e. The third-order valence-electron chi connectivity index (χ3n) is 3.91. The number of nitrogens with zero attached hydrogens (tertiary/aromatic N) is 2. The Morgan fingerprint density at radius 3 is 2.75 bits per heavy atom. The molecule has 3 N–H and O–H groups in total. The first-order valence-corrected chi connectivity index (χ1v) is 6.73. The zero-order valence-electron chi connectivity index (χ0n) is 11.6. The lowest BCUT2D eigenvalue weighted by atomic mass is 9.86. The van der Waals surface area contributed by atoms with E-state index in [1.54, 1.807) is 19.4 Å². The SMILES string of the molecule is CN(Cc1cn[nH]c1)C(=O)NCC1(C(=O)O)CCCC1. The molecule has 7 heteroatoms. The van der Waals surface area contributed by atoms with E-state index >= 15 is 0 Å². The van der Waals surface area contributed by atoms with Gasteiger partial charge < -0.3 is 15.3 Å². The molecule has 1 heterocycles. The zero-order valence-corrected chi connectivity index (χ0v) is 11.6. The lowest BCUT2D eigenvalue weighted by Gasteiger charge is -2.26. The Bertz CT molecular complexity index is 466. The average Bonchev–Trinajstić information content (AvgIpc) is 3.07. The second kappa shape index (κ2) is 5.94. The van der Waals surface area contributed by atoms with Crippen LogP contribution in [0.3, 0.4) is 0 Å². The number of H-pyrrole nitrogens is 1. The van der Waals surface area contributed by atoms with Gasteiger partial charge in [-0.1, -0.05) is 12.8 Å². The first-order chi connectivity index (χ1) is 9.53. The van der Waals surface area contributed by atoms with Gasteiger partial charge in [0.2, 0.25) is 0 Å². The number of carbonyl (C=O) groups excluding carboxylic acids is 1. The summed E-state index contributed by atoms with van der Waals surface area (Å²) in [6.07, 6.45) is 6.46. The number of aliphatic carboxylic acids is 1. The fourth-order valence-electron chi connectivity index (χ4n) is 2.61. The van der Waals surface area contributed by atoms with Crippen molar-refractivity contribution in [2.24, 2.45) is 5.41 Å². The normalized spacial score (nSPS) is 16.9. The Morgan fingerprint density at radius 1 is 1.50 bits per heavy atom. The Morgan fingerprint density at radius 2 is 2.20 bits per heavy atom. The maximum Gasteiger partial charge on any atom is 0.317 e. The molecule has 0 bridgehead atoms. The molecule has 1 aliphatic carbocycles. The van der Waals surface area contributed by atoms with Crippen molar-refractivity contribution in [3.8, 4) is 0 Å². The molecule has 7 nitrogen and oxygen atoms in total. The number of amides is 2. The van der Waals surface area contributed by atoms with Gasteiger partial charge in [0.25, 0.3) is 0 Å². The summed E-state index contributed by atoms with van der Waals surface area (Å²) >= 11 is 0. The van der Waals surface area contributed by atoms with Gasteiger partial charge in [-0.05, 0) is 12.8 Å². The molecule has 0 unspecified atom stereocenters. The molecular formula is C13H20N4O3. The third kappa shape index (κ3) is 3.09. The van der Waals surface area contributed by atoms with Crippen LogP contribution in [0.5, 0.6) is 0 Å². The van der Waals surface area contributed by atoms with E-state index < -0.39 is 11.4 Å². The maximum absolute atomic E-state index is 12.0. The van der Waals surface area contributed by atoms with E-state index in [4.69, 9.17) is 0 Å². The minimum absolute atomic E-state index is 0.191. The average molecular weight is 280 g/mol. The Balaban J connectivity index is 1.86. The monoisotopic (exact) mass is 280 g/mol. The molecule has 1 saturated carbocycles. The predicted octanol–water partition coefficient (Wildman–Crippen LogP) is 1.20. The summed E-state index contributed by atoms with van der Waals surface area (Å²) in [4.78, 5) is 24.9. The van der Waals surface area contributed by atoms with Gasteiger partial charge in [-0.25, -0.2) is 4.79 Å². The molecule has 1 aromatic rings. The molecule has 0 aromatic carbocycles. The number of hydrogen-bond acceptors (Lipinski definition) is 3. The molecule has 1 aliphatic rings. The number of carbonyl (C=O) groups is 2. The highest BCUT2D eigenvalue weighted by Crippen LogP contribution is 2.37. The molecule has 0 spiro atoms. The molecular weight excluding hydrogens is 260 g/mol. The van der Waals surface area contributed by atoms with Gasteiger partial charge in [0, 0.05) is 25.4 Å². The van der Waals surface area contributed by atoms with Crippen LogP contribution in [0.1, 0.15) is 31.2 Å². The summed E-state index contributed by atoms with van der Waals surface area (Å²) in [5, 5.41) is 18.6. The summed E-state index contributed by atoms with van der Waals surface area (Å²) in [5.41, 5.74) is 0.114. The van der Waals surface area contributed by atoms with E-state index in [9.17, 15) is 14.7 Å². The van der Waals surface area contributed by atoms with Gasteiger partial charge in [0.15, 0.2) is 0 Å². The number of nitrogens with one attached hydrogen (secondary N) is 2. The molecule has 1 aromatic heterocycles. The molecule has 2 rings (SSSR count). The summed E-state index contributed by atoms with van der Waals surface area (Å²) in [6, 6.07) is -0.265. The molecule has 0 saturated heterocycles. The third-order valence-corrected chi connectivity index (χ3v) is 3.91. The second-order valence-corrected chi connectivity index (χ2v) is 5.41. The highest BCUT2D eigenvalue weighted by Gasteiger charge is 2.41. The molecule has 0 aliphatic heterocycles. The van der Waals surface area contributed by atoms with Gasteiger partial charge in [-0.15, -0.1) is 0 Å². The van der Waals surface area contributed by atoms with Crippen molar-refractivity contribution in [1.82, 2.24) is 20.4 Å². The van der Waals surface area contributed by atoms with Gasteiger partial charge in [-0.3, -0.25) is 9.89 Å². The number of aromatic nitrogens is 2. The van der Waals surface area contributed by atoms with E-state index in [1.165, 1.54) is 4.90 Å². The highest BCUT2D eigenvalue weighted by atomic mass is 16.4. The van der Waals surface area contributed by atoms with Crippen LogP contribution < -0.4 is 5.32 Å². The number of aromatic amines is 1. The number of carboxylic acid groups (broad SMARTS) is 1. The Labute approximate surface area is 117 Å². The fourth-order valence-corrected chi connectivity index (χ4v) is 2.61. The van der Waals surface area contributed by atoms with Crippen molar-refractivity contribution in [3.05, 3.63) is 18.0 Å². The molecule has 110 valence electrons. The van der Waals surface area contributed by atoms with Gasteiger partial charge in [-0.2, -0.15) is 5.10 Å². The van der Waals surface area contributed by atoms with Crippen molar-refractivity contribution >= 4 is 12.0 Å². The van der Waals surface area contributed by atoms with Crippen molar-refractivity contribution in [3.63, 3.8) is 0 Å². The number of urea groups is 1. The molecule has 0 atom stereocenters. The van der Waals surface area contributed by atoms with Crippen LogP contribution >= 0.6 is 0 Å². The smallest absolute Gasteiger partial charge is 0.317 e. The van der Waals surface area contributed by atoms with E-state index in [-0.39, 0.29) is 12.6 Å². The number of rotatable bonds is 5. The standard InChI is InChI=1S/C13H20N4O3/c1-17(8-10-6-15-16-7-10)12(20)14-9-13(11(18)19)4-2-3-5-13/h6-7H,2-5,8-9H2,1H3,(H,14,20)(H,15,16)(H,18,19). The maximum atomic E-state index is 12.0. The van der Waals surface area contributed by atoms with Gasteiger partial charge in [0.05, 0.1) is 18.2 Å². The molecule has 1 fully saturated rings. The minimum atomic E-state index is -0.812. The van der Waals surface area contributed by atoms with Gasteiger partial charge in [0.1, 0.15) is 0 Å². The first kappa shape index (κ1) is 14.4. The van der Waals surface area contributed by atoms with Crippen LogP contribution in [0.4, 0.5) is 4.79 Å². The molecule has 20 heavy (non-hydrogen) atoms. The minimum Gasteiger partial charge on any atom is -0.481 e. The lowest BCUT2D eigenvalue weighted by molar-refractivity contribution is -0.148. The van der Waals surface area contributed by atoms with Crippen LogP contribution in [-0.2, 0) is 11.3 Å². The van der Waals surface area contributed by atoms with Crippen molar-refractivity contribution < 1.29 is 14.7 Å². The summed E-state index contributed by atoms with van der Waals surface area (Å²) in [6.45, 7) is 0.624. The first-order valence-electron chi connectivity index (χ1n) is 6.73. The van der Waals surface area contributed by atoms with E-state index in [1.807, 2.05) is 0 Å². The predicted molar refractivity (Wildman–Crippen MR) is 72.0 cm³/mol. The summed E-state index contributed by atoms with van der Waals surface area (Å²) < 4.78 is 0. The molecule has 2 amide bonds. The van der Waals surface area contributed by atoms with Crippen molar-refractivity contribution in [2.45, 2.75) is 32.2 Å².